The minimum Gasteiger partial charge on any atom is -0.449 e. The summed E-state index contributed by atoms with van der Waals surface area (Å²) in [5.74, 6) is 0.00275. The first-order valence-electron chi connectivity index (χ1n) is 10.2. The third-order valence-corrected chi connectivity index (χ3v) is 6.16. The number of halogens is 1. The van der Waals surface area contributed by atoms with E-state index in [1.165, 1.54) is 11.1 Å². The zero-order valence-corrected chi connectivity index (χ0v) is 18.5. The van der Waals surface area contributed by atoms with Crippen LogP contribution in [0.3, 0.4) is 0 Å². The Balaban J connectivity index is 1.28. The Kier molecular flexibility index (Phi) is 6.70. The summed E-state index contributed by atoms with van der Waals surface area (Å²) in [6.07, 6.45) is -2.33. The van der Waals surface area contributed by atoms with Crippen LogP contribution in [0.4, 0.5) is 4.79 Å². The van der Waals surface area contributed by atoms with Crippen molar-refractivity contribution in [2.75, 3.05) is 13.2 Å². The Morgan fingerprint density at radius 2 is 1.52 bits per heavy atom. The molecular formula is C25H24BrNO4. The van der Waals surface area contributed by atoms with Crippen LogP contribution in [-0.4, -0.2) is 35.6 Å². The van der Waals surface area contributed by atoms with Crippen LogP contribution in [0.15, 0.2) is 77.3 Å². The summed E-state index contributed by atoms with van der Waals surface area (Å²) in [6.45, 7) is 0.440. The van der Waals surface area contributed by atoms with Gasteiger partial charge in [-0.1, -0.05) is 76.6 Å². The normalized spacial score (nSPS) is 14.4. The molecule has 0 bridgehead atoms. The zero-order chi connectivity index (χ0) is 21.8. The molecule has 31 heavy (non-hydrogen) atoms. The quantitative estimate of drug-likeness (QED) is 0.453. The summed E-state index contributed by atoms with van der Waals surface area (Å²) >= 11 is 3.34. The smallest absolute Gasteiger partial charge is 0.407 e. The van der Waals surface area contributed by atoms with E-state index in [0.717, 1.165) is 15.6 Å². The van der Waals surface area contributed by atoms with E-state index in [-0.39, 0.29) is 25.5 Å². The van der Waals surface area contributed by atoms with Crippen LogP contribution in [-0.2, 0) is 4.74 Å². The summed E-state index contributed by atoms with van der Waals surface area (Å²) in [4.78, 5) is 12.2. The van der Waals surface area contributed by atoms with Gasteiger partial charge in [-0.2, -0.15) is 0 Å². The molecular weight excluding hydrogens is 458 g/mol. The van der Waals surface area contributed by atoms with Crippen LogP contribution in [0.25, 0.3) is 11.1 Å². The average Bonchev–Trinajstić information content (AvgIpc) is 3.11. The number of aliphatic hydroxyl groups is 2. The summed E-state index contributed by atoms with van der Waals surface area (Å²) in [7, 11) is 0. The molecule has 6 heteroatoms. The minimum atomic E-state index is -1.02. The molecule has 3 N–H and O–H groups in total. The number of rotatable bonds is 7. The standard InChI is InChI=1S/C25H24BrNO4/c26-17-11-9-16(10-12-17)24(29)23(28)13-14-27-25(30)31-15-22-20-7-3-1-5-18(20)19-6-2-4-8-21(19)22/h1-12,22-24,28-29H,13-15H2,(H,27,30). The van der Waals surface area contributed by atoms with Crippen molar-refractivity contribution in [3.8, 4) is 11.1 Å². The maximum Gasteiger partial charge on any atom is 0.407 e. The SMILES string of the molecule is O=C(NCCC(O)C(O)c1ccc(Br)cc1)OCC1c2ccccc2-c2ccccc21. The molecule has 2 atom stereocenters. The van der Waals surface area contributed by atoms with Gasteiger partial charge in [0, 0.05) is 16.9 Å². The Labute approximate surface area is 189 Å². The second-order valence-corrected chi connectivity index (χ2v) is 8.52. The third kappa shape index (κ3) is 4.82. The molecule has 0 spiro atoms. The van der Waals surface area contributed by atoms with E-state index in [1.54, 1.807) is 24.3 Å². The molecule has 5 nitrogen and oxygen atoms in total. The number of nitrogens with one attached hydrogen (secondary N) is 1. The maximum absolute atomic E-state index is 12.2. The number of ether oxygens (including phenoxy) is 1. The fraction of sp³-hybridized carbons (Fsp3) is 0.240. The van der Waals surface area contributed by atoms with Crippen molar-refractivity contribution < 1.29 is 19.7 Å². The molecule has 0 saturated heterocycles. The number of benzene rings is 3. The number of hydrogen-bond donors (Lipinski definition) is 3. The molecule has 0 saturated carbocycles. The highest BCUT2D eigenvalue weighted by molar-refractivity contribution is 9.10. The van der Waals surface area contributed by atoms with Crippen LogP contribution in [0.2, 0.25) is 0 Å². The lowest BCUT2D eigenvalue weighted by atomic mass is 9.98. The molecule has 1 aliphatic rings. The van der Waals surface area contributed by atoms with Crippen LogP contribution in [0, 0.1) is 0 Å². The van der Waals surface area contributed by atoms with Gasteiger partial charge in [-0.05, 0) is 46.4 Å². The second kappa shape index (κ2) is 9.64. The van der Waals surface area contributed by atoms with Crippen molar-refractivity contribution in [1.82, 2.24) is 5.32 Å². The molecule has 0 aromatic heterocycles. The van der Waals surface area contributed by atoms with Crippen LogP contribution < -0.4 is 5.32 Å². The van der Waals surface area contributed by atoms with Crippen LogP contribution in [0.1, 0.15) is 35.1 Å². The van der Waals surface area contributed by atoms with Crippen LogP contribution in [0.5, 0.6) is 0 Å². The van der Waals surface area contributed by atoms with Gasteiger partial charge in [0.25, 0.3) is 0 Å². The molecule has 160 valence electrons. The third-order valence-electron chi connectivity index (χ3n) is 5.63. The van der Waals surface area contributed by atoms with E-state index in [0.29, 0.717) is 5.56 Å². The van der Waals surface area contributed by atoms with E-state index < -0.39 is 18.3 Å². The summed E-state index contributed by atoms with van der Waals surface area (Å²) in [5.41, 5.74) is 5.29. The van der Waals surface area contributed by atoms with Crippen molar-refractivity contribution in [2.24, 2.45) is 0 Å². The molecule has 0 heterocycles. The Morgan fingerprint density at radius 3 is 2.13 bits per heavy atom. The minimum absolute atomic E-state index is 0.00275. The van der Waals surface area contributed by atoms with Gasteiger partial charge in [0.2, 0.25) is 0 Å². The number of amides is 1. The Hall–Kier alpha value is -2.67. The lowest BCUT2D eigenvalue weighted by Crippen LogP contribution is -2.30. The monoisotopic (exact) mass is 481 g/mol. The predicted molar refractivity (Wildman–Crippen MR) is 123 cm³/mol. The summed E-state index contributed by atoms with van der Waals surface area (Å²) in [5, 5.41) is 23.2. The fourth-order valence-corrected chi connectivity index (χ4v) is 4.28. The topological polar surface area (TPSA) is 78.8 Å². The number of carbonyl (C=O) groups is 1. The number of alkyl carbamates (subject to hydrolysis) is 1. The zero-order valence-electron chi connectivity index (χ0n) is 16.9. The first-order valence-corrected chi connectivity index (χ1v) is 11.0. The lowest BCUT2D eigenvalue weighted by Gasteiger charge is -2.19. The molecule has 1 amide bonds. The second-order valence-electron chi connectivity index (χ2n) is 7.60. The van der Waals surface area contributed by atoms with Gasteiger partial charge in [0.15, 0.2) is 0 Å². The van der Waals surface area contributed by atoms with Gasteiger partial charge < -0.3 is 20.3 Å². The first kappa shape index (κ1) is 21.6. The first-order chi connectivity index (χ1) is 15.0. The van der Waals surface area contributed by atoms with Gasteiger partial charge >= 0.3 is 6.09 Å². The molecule has 2 unspecified atom stereocenters. The lowest BCUT2D eigenvalue weighted by molar-refractivity contribution is 0.0136. The van der Waals surface area contributed by atoms with Crippen LogP contribution >= 0.6 is 15.9 Å². The number of carbonyl (C=O) groups excluding carboxylic acids is 1. The predicted octanol–water partition coefficient (Wildman–Crippen LogP) is 4.77. The highest BCUT2D eigenvalue weighted by Gasteiger charge is 2.29. The van der Waals surface area contributed by atoms with Crippen molar-refractivity contribution in [3.05, 3.63) is 94.0 Å². The van der Waals surface area contributed by atoms with Gasteiger partial charge in [-0.25, -0.2) is 4.79 Å². The van der Waals surface area contributed by atoms with Crippen molar-refractivity contribution in [1.29, 1.82) is 0 Å². The number of hydrogen-bond acceptors (Lipinski definition) is 4. The fourth-order valence-electron chi connectivity index (χ4n) is 4.01. The number of fused-ring (bicyclic) bond motifs is 3. The average molecular weight is 482 g/mol. The molecule has 0 radical (unpaired) electrons. The molecule has 1 aliphatic carbocycles. The van der Waals surface area contributed by atoms with E-state index in [1.807, 2.05) is 24.3 Å². The molecule has 4 rings (SSSR count). The highest BCUT2D eigenvalue weighted by atomic mass is 79.9. The van der Waals surface area contributed by atoms with Gasteiger partial charge in [0.05, 0.1) is 6.10 Å². The number of aliphatic hydroxyl groups excluding tert-OH is 2. The van der Waals surface area contributed by atoms with Crippen molar-refractivity contribution >= 4 is 22.0 Å². The molecule has 3 aromatic rings. The molecule has 3 aromatic carbocycles. The van der Waals surface area contributed by atoms with Gasteiger partial charge in [0.1, 0.15) is 12.7 Å². The highest BCUT2D eigenvalue weighted by Crippen LogP contribution is 2.44. The van der Waals surface area contributed by atoms with Gasteiger partial charge in [-0.3, -0.25) is 0 Å². The summed E-state index contributed by atoms with van der Waals surface area (Å²) in [6, 6.07) is 23.4. The summed E-state index contributed by atoms with van der Waals surface area (Å²) < 4.78 is 6.38. The largest absolute Gasteiger partial charge is 0.449 e. The van der Waals surface area contributed by atoms with E-state index in [2.05, 4.69) is 45.5 Å². The van der Waals surface area contributed by atoms with Crippen molar-refractivity contribution in [2.45, 2.75) is 24.5 Å². The Morgan fingerprint density at radius 1 is 0.935 bits per heavy atom. The van der Waals surface area contributed by atoms with E-state index in [4.69, 9.17) is 4.74 Å². The molecule has 0 fully saturated rings. The van der Waals surface area contributed by atoms with Gasteiger partial charge in [-0.15, -0.1) is 0 Å². The maximum atomic E-state index is 12.2. The van der Waals surface area contributed by atoms with E-state index in [9.17, 15) is 15.0 Å². The van der Waals surface area contributed by atoms with E-state index >= 15 is 0 Å². The Bertz CT molecular complexity index is 1010. The molecule has 0 aliphatic heterocycles. The van der Waals surface area contributed by atoms with Crippen molar-refractivity contribution in [3.63, 3.8) is 0 Å².